The van der Waals surface area contributed by atoms with Crippen molar-refractivity contribution in [1.29, 1.82) is 0 Å². The van der Waals surface area contributed by atoms with Crippen molar-refractivity contribution in [3.05, 3.63) is 35.4 Å². The quantitative estimate of drug-likeness (QED) is 0.794. The molecule has 21 heavy (non-hydrogen) atoms. The number of carbonyl (C=O) groups is 3. The second-order valence-electron chi connectivity index (χ2n) is 5.50. The molecule has 0 radical (unpaired) electrons. The maximum atomic E-state index is 12.2. The van der Waals surface area contributed by atoms with Gasteiger partial charge in [-0.05, 0) is 31.4 Å². The Kier molecular flexibility index (Phi) is 3.73. The van der Waals surface area contributed by atoms with Crippen LogP contribution in [0.5, 0.6) is 0 Å². The molecule has 1 fully saturated rings. The van der Waals surface area contributed by atoms with E-state index in [0.29, 0.717) is 11.1 Å². The Hall–Kier alpha value is -2.17. The van der Waals surface area contributed by atoms with Gasteiger partial charge in [0.25, 0.3) is 11.8 Å². The molecule has 2 aliphatic heterocycles. The summed E-state index contributed by atoms with van der Waals surface area (Å²) >= 11 is 0. The van der Waals surface area contributed by atoms with E-state index in [4.69, 9.17) is 0 Å². The zero-order valence-corrected chi connectivity index (χ0v) is 11.9. The van der Waals surface area contributed by atoms with Crippen LogP contribution in [0.2, 0.25) is 0 Å². The molecular formula is C16H18N2O3. The number of piperidine rings is 1. The predicted molar refractivity (Wildman–Crippen MR) is 76.9 cm³/mol. The number of imide groups is 1. The van der Waals surface area contributed by atoms with Crippen LogP contribution in [-0.2, 0) is 4.79 Å². The van der Waals surface area contributed by atoms with E-state index in [1.165, 1.54) is 11.3 Å². The normalized spacial score (nSPS) is 18.1. The molecule has 0 N–H and O–H groups in total. The lowest BCUT2D eigenvalue weighted by Crippen LogP contribution is -2.39. The first-order valence-corrected chi connectivity index (χ1v) is 7.41. The van der Waals surface area contributed by atoms with E-state index in [1.54, 1.807) is 24.3 Å². The number of benzene rings is 1. The number of hydrogen-bond donors (Lipinski definition) is 0. The summed E-state index contributed by atoms with van der Waals surface area (Å²) < 4.78 is 0. The van der Waals surface area contributed by atoms with Crippen molar-refractivity contribution in [2.75, 3.05) is 19.6 Å². The second-order valence-corrected chi connectivity index (χ2v) is 5.50. The van der Waals surface area contributed by atoms with Crippen LogP contribution in [0.4, 0.5) is 0 Å². The summed E-state index contributed by atoms with van der Waals surface area (Å²) in [5.74, 6) is -0.546. The number of nitrogens with zero attached hydrogens (tertiary/aromatic N) is 2. The van der Waals surface area contributed by atoms with Crippen LogP contribution in [0.15, 0.2) is 24.3 Å². The van der Waals surface area contributed by atoms with Crippen LogP contribution >= 0.6 is 0 Å². The molecule has 0 saturated carbocycles. The van der Waals surface area contributed by atoms with Crippen LogP contribution in [0, 0.1) is 0 Å². The zero-order valence-electron chi connectivity index (χ0n) is 11.9. The molecular weight excluding hydrogens is 268 g/mol. The lowest BCUT2D eigenvalue weighted by molar-refractivity contribution is -0.132. The highest BCUT2D eigenvalue weighted by Gasteiger charge is 2.35. The molecule has 1 aromatic rings. The van der Waals surface area contributed by atoms with Crippen LogP contribution in [0.3, 0.4) is 0 Å². The molecule has 110 valence electrons. The first-order valence-electron chi connectivity index (χ1n) is 7.41. The molecule has 5 nitrogen and oxygen atoms in total. The smallest absolute Gasteiger partial charge is 0.261 e. The lowest BCUT2D eigenvalue weighted by atomic mass is 10.1. The number of fused-ring (bicyclic) bond motifs is 1. The van der Waals surface area contributed by atoms with Gasteiger partial charge in [-0.2, -0.15) is 0 Å². The van der Waals surface area contributed by atoms with Crippen molar-refractivity contribution in [1.82, 2.24) is 9.80 Å². The summed E-state index contributed by atoms with van der Waals surface area (Å²) in [6.07, 6.45) is 3.46. The average Bonchev–Trinajstić information content (AvgIpc) is 2.78. The molecule has 0 unspecified atom stereocenters. The van der Waals surface area contributed by atoms with Gasteiger partial charge >= 0.3 is 0 Å². The van der Waals surface area contributed by atoms with E-state index in [2.05, 4.69) is 0 Å². The fourth-order valence-electron chi connectivity index (χ4n) is 2.95. The molecule has 5 heteroatoms. The molecule has 0 bridgehead atoms. The van der Waals surface area contributed by atoms with E-state index < -0.39 is 0 Å². The van der Waals surface area contributed by atoms with Gasteiger partial charge in [-0.25, -0.2) is 0 Å². The summed E-state index contributed by atoms with van der Waals surface area (Å²) in [6.45, 7) is 1.75. The fraction of sp³-hybridized carbons (Fsp3) is 0.438. The Morgan fingerprint density at radius 2 is 1.52 bits per heavy atom. The standard InChI is InChI=1S/C16H18N2O3/c19-14(17-9-4-1-5-10-17)8-11-18-15(20)12-6-2-3-7-13(12)16(18)21/h2-3,6-7H,1,4-5,8-11H2. The number of rotatable bonds is 3. The van der Waals surface area contributed by atoms with Crippen LogP contribution in [0.1, 0.15) is 46.4 Å². The highest BCUT2D eigenvalue weighted by atomic mass is 16.2. The first-order chi connectivity index (χ1) is 10.2. The average molecular weight is 286 g/mol. The van der Waals surface area contributed by atoms with Crippen LogP contribution < -0.4 is 0 Å². The van der Waals surface area contributed by atoms with Gasteiger partial charge < -0.3 is 4.90 Å². The van der Waals surface area contributed by atoms with E-state index in [-0.39, 0.29) is 30.7 Å². The maximum absolute atomic E-state index is 12.2. The van der Waals surface area contributed by atoms with Crippen molar-refractivity contribution < 1.29 is 14.4 Å². The summed E-state index contributed by atoms with van der Waals surface area (Å²) in [7, 11) is 0. The minimum atomic E-state index is -0.290. The topological polar surface area (TPSA) is 57.7 Å². The Labute approximate surface area is 123 Å². The molecule has 2 heterocycles. The molecule has 1 aromatic carbocycles. The van der Waals surface area contributed by atoms with Crippen LogP contribution in [0.25, 0.3) is 0 Å². The van der Waals surface area contributed by atoms with Gasteiger partial charge in [0.05, 0.1) is 11.1 Å². The Morgan fingerprint density at radius 3 is 2.10 bits per heavy atom. The van der Waals surface area contributed by atoms with Crippen molar-refractivity contribution >= 4 is 17.7 Å². The van der Waals surface area contributed by atoms with E-state index in [0.717, 1.165) is 25.9 Å². The fourth-order valence-corrected chi connectivity index (χ4v) is 2.95. The van der Waals surface area contributed by atoms with Crippen molar-refractivity contribution in [2.24, 2.45) is 0 Å². The van der Waals surface area contributed by atoms with Gasteiger partial charge in [0.2, 0.25) is 5.91 Å². The third-order valence-corrected chi connectivity index (χ3v) is 4.14. The summed E-state index contributed by atoms with van der Waals surface area (Å²) in [4.78, 5) is 39.5. The van der Waals surface area contributed by atoms with Gasteiger partial charge in [0.1, 0.15) is 0 Å². The van der Waals surface area contributed by atoms with Gasteiger partial charge in [-0.3, -0.25) is 19.3 Å². The molecule has 0 aromatic heterocycles. The number of hydrogen-bond acceptors (Lipinski definition) is 3. The predicted octanol–water partition coefficient (Wildman–Crippen LogP) is 1.69. The summed E-state index contributed by atoms with van der Waals surface area (Å²) in [6, 6.07) is 6.79. The SMILES string of the molecule is O=C(CCN1C(=O)c2ccccc2C1=O)N1CCCCC1. The molecule has 2 aliphatic rings. The molecule has 3 rings (SSSR count). The van der Waals surface area contributed by atoms with Crippen LogP contribution in [-0.4, -0.2) is 47.2 Å². The van der Waals surface area contributed by atoms with Gasteiger partial charge in [0.15, 0.2) is 0 Å². The second kappa shape index (κ2) is 5.68. The van der Waals surface area contributed by atoms with Crippen molar-refractivity contribution in [3.8, 4) is 0 Å². The third-order valence-electron chi connectivity index (χ3n) is 4.14. The largest absolute Gasteiger partial charge is 0.343 e. The zero-order chi connectivity index (χ0) is 14.8. The molecule has 0 atom stereocenters. The van der Waals surface area contributed by atoms with E-state index in [1.807, 2.05) is 4.90 Å². The van der Waals surface area contributed by atoms with Gasteiger partial charge in [-0.15, -0.1) is 0 Å². The Bertz CT molecular complexity index is 556. The highest BCUT2D eigenvalue weighted by Crippen LogP contribution is 2.22. The molecule has 0 aliphatic carbocycles. The molecule has 0 spiro atoms. The minimum absolute atomic E-state index is 0.0336. The lowest BCUT2D eigenvalue weighted by Gasteiger charge is -2.27. The van der Waals surface area contributed by atoms with E-state index >= 15 is 0 Å². The molecule has 3 amide bonds. The van der Waals surface area contributed by atoms with Gasteiger partial charge in [0, 0.05) is 26.1 Å². The maximum Gasteiger partial charge on any atom is 0.261 e. The number of amides is 3. The monoisotopic (exact) mass is 286 g/mol. The Morgan fingerprint density at radius 1 is 0.952 bits per heavy atom. The number of likely N-dealkylation sites (tertiary alicyclic amines) is 1. The minimum Gasteiger partial charge on any atom is -0.343 e. The summed E-state index contributed by atoms with van der Waals surface area (Å²) in [5.41, 5.74) is 0.876. The van der Waals surface area contributed by atoms with Crippen molar-refractivity contribution in [3.63, 3.8) is 0 Å². The van der Waals surface area contributed by atoms with E-state index in [9.17, 15) is 14.4 Å². The molecule has 1 saturated heterocycles. The first kappa shape index (κ1) is 13.8. The van der Waals surface area contributed by atoms with Crippen molar-refractivity contribution in [2.45, 2.75) is 25.7 Å². The third kappa shape index (κ3) is 2.55. The Balaban J connectivity index is 1.63. The van der Waals surface area contributed by atoms with Gasteiger partial charge in [-0.1, -0.05) is 12.1 Å². The summed E-state index contributed by atoms with van der Waals surface area (Å²) in [5, 5.41) is 0. The highest BCUT2D eigenvalue weighted by molar-refractivity contribution is 6.21. The number of carbonyl (C=O) groups excluding carboxylic acids is 3.